The number of nitrogens with zero attached hydrogens (tertiary/aromatic N) is 2. The highest BCUT2D eigenvalue weighted by Gasteiger charge is 2.48. The quantitative estimate of drug-likeness (QED) is 0.539. The number of aromatic nitrogens is 2. The molecule has 30 heavy (non-hydrogen) atoms. The number of nitrogens with one attached hydrogen (secondary N) is 1. The van der Waals surface area contributed by atoms with Crippen LogP contribution in [0, 0.1) is 5.82 Å². The van der Waals surface area contributed by atoms with Crippen molar-refractivity contribution in [3.63, 3.8) is 0 Å². The van der Waals surface area contributed by atoms with Gasteiger partial charge in [-0.1, -0.05) is 11.6 Å². The molecule has 4 N–H and O–H groups in total. The predicted molar refractivity (Wildman–Crippen MR) is 109 cm³/mol. The zero-order valence-corrected chi connectivity index (χ0v) is 16.3. The number of halogens is 2. The lowest BCUT2D eigenvalue weighted by atomic mass is 10.1. The van der Waals surface area contributed by atoms with E-state index in [1.807, 2.05) is 0 Å². The summed E-state index contributed by atoms with van der Waals surface area (Å²) in [5.41, 5.74) is 7.38. The van der Waals surface area contributed by atoms with Gasteiger partial charge in [0.2, 0.25) is 0 Å². The van der Waals surface area contributed by atoms with Gasteiger partial charge in [0.25, 0.3) is 0 Å². The van der Waals surface area contributed by atoms with Crippen LogP contribution in [0.3, 0.4) is 0 Å². The molecule has 5 rings (SSSR count). The number of aliphatic hydroxyl groups excluding tert-OH is 1. The molecule has 2 aliphatic rings. The summed E-state index contributed by atoms with van der Waals surface area (Å²) >= 11 is 6.36. The van der Waals surface area contributed by atoms with Gasteiger partial charge < -0.3 is 30.4 Å². The molecule has 0 amide bonds. The van der Waals surface area contributed by atoms with Crippen LogP contribution < -0.4 is 15.8 Å². The molecule has 3 heterocycles. The topological polar surface area (TPSA) is 112 Å². The maximum absolute atomic E-state index is 14.0. The Morgan fingerprint density at radius 3 is 2.87 bits per heavy atom. The molecule has 10 heteroatoms. The van der Waals surface area contributed by atoms with Crippen molar-refractivity contribution in [1.82, 2.24) is 9.97 Å². The van der Waals surface area contributed by atoms with Gasteiger partial charge in [0.1, 0.15) is 42.0 Å². The highest BCUT2D eigenvalue weighted by atomic mass is 35.5. The van der Waals surface area contributed by atoms with Crippen LogP contribution in [-0.4, -0.2) is 52.7 Å². The summed E-state index contributed by atoms with van der Waals surface area (Å²) < 4.78 is 31.2. The van der Waals surface area contributed by atoms with E-state index in [0.29, 0.717) is 33.1 Å². The van der Waals surface area contributed by atoms with Crippen molar-refractivity contribution < 1.29 is 23.7 Å². The second-order valence-electron chi connectivity index (χ2n) is 7.20. The molecule has 0 bridgehead atoms. The molecule has 2 aromatic carbocycles. The van der Waals surface area contributed by atoms with Gasteiger partial charge in [-0.15, -0.1) is 0 Å². The first-order chi connectivity index (χ1) is 14.5. The van der Waals surface area contributed by atoms with E-state index in [2.05, 4.69) is 15.3 Å². The molecular formula is C20H18ClFN4O4. The zero-order chi connectivity index (χ0) is 20.8. The van der Waals surface area contributed by atoms with Gasteiger partial charge in [0.15, 0.2) is 6.10 Å². The molecular weight excluding hydrogens is 415 g/mol. The minimum Gasteiger partial charge on any atom is -0.483 e. The van der Waals surface area contributed by atoms with Gasteiger partial charge in [0.05, 0.1) is 34.8 Å². The van der Waals surface area contributed by atoms with Gasteiger partial charge in [-0.25, -0.2) is 14.4 Å². The largest absolute Gasteiger partial charge is 0.483 e. The lowest BCUT2D eigenvalue weighted by molar-refractivity contribution is 0.00871. The van der Waals surface area contributed by atoms with E-state index in [0.717, 1.165) is 0 Å². The van der Waals surface area contributed by atoms with Crippen molar-refractivity contribution in [2.24, 2.45) is 0 Å². The number of nitrogen functional groups attached to an aromatic ring is 1. The maximum Gasteiger partial charge on any atom is 0.151 e. The molecule has 2 saturated heterocycles. The van der Waals surface area contributed by atoms with Crippen LogP contribution in [0.2, 0.25) is 5.02 Å². The van der Waals surface area contributed by atoms with Crippen LogP contribution >= 0.6 is 11.6 Å². The van der Waals surface area contributed by atoms with E-state index >= 15 is 0 Å². The summed E-state index contributed by atoms with van der Waals surface area (Å²) in [7, 11) is 0. The molecule has 156 valence electrons. The SMILES string of the molecule is Nc1cc(Cl)c2c(Nc3ccc(F)cc3OC3COC4C(O)COC34)ncnc2c1. The lowest BCUT2D eigenvalue weighted by Crippen LogP contribution is -2.34. The molecule has 2 fully saturated rings. The number of rotatable bonds is 4. The molecule has 0 aliphatic carbocycles. The van der Waals surface area contributed by atoms with Gasteiger partial charge in [-0.05, 0) is 24.3 Å². The number of ether oxygens (including phenoxy) is 3. The smallest absolute Gasteiger partial charge is 0.151 e. The molecule has 0 spiro atoms. The highest BCUT2D eigenvalue weighted by Crippen LogP contribution is 2.37. The van der Waals surface area contributed by atoms with Crippen LogP contribution in [0.4, 0.5) is 21.6 Å². The molecule has 0 radical (unpaired) electrons. The third kappa shape index (κ3) is 3.39. The van der Waals surface area contributed by atoms with Crippen LogP contribution in [0.5, 0.6) is 5.75 Å². The van der Waals surface area contributed by atoms with Crippen molar-refractivity contribution in [2.45, 2.75) is 24.4 Å². The summed E-state index contributed by atoms with van der Waals surface area (Å²) in [6, 6.07) is 7.42. The van der Waals surface area contributed by atoms with Gasteiger partial charge in [-0.2, -0.15) is 0 Å². The van der Waals surface area contributed by atoms with Crippen molar-refractivity contribution in [3.8, 4) is 5.75 Å². The van der Waals surface area contributed by atoms with E-state index in [1.165, 1.54) is 18.5 Å². The molecule has 8 nitrogen and oxygen atoms in total. The summed E-state index contributed by atoms with van der Waals surface area (Å²) in [6.45, 7) is 0.405. The average Bonchev–Trinajstić information content (AvgIpc) is 3.27. The summed E-state index contributed by atoms with van der Waals surface area (Å²) in [5, 5.41) is 14.0. The van der Waals surface area contributed by atoms with Gasteiger partial charge in [0, 0.05) is 11.8 Å². The number of fused-ring (bicyclic) bond motifs is 2. The predicted octanol–water partition coefficient (Wildman–Crippen LogP) is 2.65. The highest BCUT2D eigenvalue weighted by molar-refractivity contribution is 6.36. The average molecular weight is 433 g/mol. The van der Waals surface area contributed by atoms with Crippen LogP contribution in [0.15, 0.2) is 36.7 Å². The number of hydrogen-bond donors (Lipinski definition) is 3. The minimum atomic E-state index is -0.698. The van der Waals surface area contributed by atoms with Crippen LogP contribution in [-0.2, 0) is 9.47 Å². The first-order valence-corrected chi connectivity index (χ1v) is 9.71. The number of benzene rings is 2. The molecule has 0 saturated carbocycles. The van der Waals surface area contributed by atoms with E-state index in [9.17, 15) is 9.50 Å². The van der Waals surface area contributed by atoms with E-state index in [-0.39, 0.29) is 19.0 Å². The Hall–Kier alpha value is -2.72. The zero-order valence-electron chi connectivity index (χ0n) is 15.6. The Kier molecular flexibility index (Phi) is 4.82. The Morgan fingerprint density at radius 2 is 2.00 bits per heavy atom. The molecule has 4 atom stereocenters. The second kappa shape index (κ2) is 7.51. The maximum atomic E-state index is 14.0. The second-order valence-corrected chi connectivity index (χ2v) is 7.61. The molecule has 2 aliphatic heterocycles. The summed E-state index contributed by atoms with van der Waals surface area (Å²) in [4.78, 5) is 8.48. The lowest BCUT2D eigenvalue weighted by Gasteiger charge is -2.20. The van der Waals surface area contributed by atoms with E-state index in [4.69, 9.17) is 31.5 Å². The normalized spacial score (nSPS) is 25.4. The Balaban J connectivity index is 1.47. The monoisotopic (exact) mass is 432 g/mol. The van der Waals surface area contributed by atoms with Crippen molar-refractivity contribution in [3.05, 3.63) is 47.5 Å². The third-order valence-electron chi connectivity index (χ3n) is 5.17. The molecule has 3 aromatic rings. The van der Waals surface area contributed by atoms with Crippen molar-refractivity contribution >= 4 is 39.7 Å². The van der Waals surface area contributed by atoms with Crippen LogP contribution in [0.1, 0.15) is 0 Å². The number of anilines is 3. The first kappa shape index (κ1) is 19.3. The number of hydrogen-bond acceptors (Lipinski definition) is 8. The summed E-state index contributed by atoms with van der Waals surface area (Å²) in [6.07, 6.45) is -0.674. The Morgan fingerprint density at radius 1 is 1.17 bits per heavy atom. The fourth-order valence-corrected chi connectivity index (χ4v) is 4.10. The Bertz CT molecular complexity index is 1120. The van der Waals surface area contributed by atoms with Crippen molar-refractivity contribution in [1.29, 1.82) is 0 Å². The third-order valence-corrected chi connectivity index (χ3v) is 5.47. The fourth-order valence-electron chi connectivity index (χ4n) is 3.79. The fraction of sp³-hybridized carbons (Fsp3) is 0.300. The number of nitrogens with two attached hydrogens (primary N) is 1. The van der Waals surface area contributed by atoms with Gasteiger partial charge in [-0.3, -0.25) is 0 Å². The van der Waals surface area contributed by atoms with E-state index in [1.54, 1.807) is 18.2 Å². The molecule has 1 aromatic heterocycles. The summed E-state index contributed by atoms with van der Waals surface area (Å²) in [5.74, 6) is 0.221. The first-order valence-electron chi connectivity index (χ1n) is 9.34. The standard InChI is InChI=1S/C20H18ClFN4O4/c21-11-4-10(23)5-13-17(11)20(25-8-24-13)26-12-2-1-9(22)3-15(12)30-16-7-29-18-14(27)6-28-19(16)18/h1-5,8,14,16,18-19,27H,6-7,23H2,(H,24,25,26). The minimum absolute atomic E-state index is 0.179. The van der Waals surface area contributed by atoms with E-state index < -0.39 is 30.2 Å². The Labute approximate surface area is 175 Å². The van der Waals surface area contributed by atoms with Gasteiger partial charge >= 0.3 is 0 Å². The van der Waals surface area contributed by atoms with Crippen LogP contribution in [0.25, 0.3) is 10.9 Å². The molecule has 4 unspecified atom stereocenters. The van der Waals surface area contributed by atoms with Crippen molar-refractivity contribution in [2.75, 3.05) is 24.3 Å². The number of aliphatic hydroxyl groups is 1.